The molecule has 0 nitrogen and oxygen atoms in total. The van der Waals surface area contributed by atoms with Gasteiger partial charge in [-0.15, -0.1) is 0 Å². The Labute approximate surface area is 46.5 Å². The Bertz CT molecular complexity index is 20.9. The molecule has 0 aromatic rings. The maximum Gasteiger partial charge on any atom is 0.0567 e. The maximum atomic E-state index is 4.01. The fourth-order valence-corrected chi connectivity index (χ4v) is 0. The minimum absolute atomic E-state index is 0.391. The molecular formula is C3H7BrS. The summed E-state index contributed by atoms with van der Waals surface area (Å²) in [6.45, 7) is 2.08. The van der Waals surface area contributed by atoms with E-state index in [1.807, 2.05) is 0 Å². The molecule has 0 saturated carbocycles. The quantitative estimate of drug-likeness (QED) is 0.434. The molecule has 1 atom stereocenters. The molecule has 2 heteroatoms. The van der Waals surface area contributed by atoms with Gasteiger partial charge < -0.3 is 0 Å². The topological polar surface area (TPSA) is 0 Å². The highest BCUT2D eigenvalue weighted by Crippen LogP contribution is 2.06. The van der Waals surface area contributed by atoms with Gasteiger partial charge in [0, 0.05) is 0 Å². The van der Waals surface area contributed by atoms with Crippen molar-refractivity contribution in [1.29, 1.82) is 0 Å². The highest BCUT2D eigenvalue weighted by Gasteiger charge is 1.83. The van der Waals surface area contributed by atoms with Crippen LogP contribution in [-0.2, 0) is 0 Å². The lowest BCUT2D eigenvalue weighted by molar-refractivity contribution is 1.08. The summed E-state index contributed by atoms with van der Waals surface area (Å²) in [4.78, 5) is 0. The lowest BCUT2D eigenvalue weighted by atomic mass is 10.6. The van der Waals surface area contributed by atoms with E-state index in [1.165, 1.54) is 0 Å². The molecule has 0 N–H and O–H groups in total. The molecule has 0 aliphatic carbocycles. The van der Waals surface area contributed by atoms with E-state index in [2.05, 4.69) is 35.5 Å². The Hall–Kier alpha value is 0.830. The normalized spacial score (nSPS) is 15.0. The van der Waals surface area contributed by atoms with Crippen molar-refractivity contribution in [3.63, 3.8) is 0 Å². The molecule has 0 aliphatic heterocycles. The lowest BCUT2D eigenvalue weighted by Gasteiger charge is -1.87. The first-order valence-electron chi connectivity index (χ1n) is 1.59. The summed E-state index contributed by atoms with van der Waals surface area (Å²) in [6.07, 6.45) is 1.09. The van der Waals surface area contributed by atoms with Crippen molar-refractivity contribution in [3.05, 3.63) is 0 Å². The zero-order valence-corrected chi connectivity index (χ0v) is 5.59. The highest BCUT2D eigenvalue weighted by atomic mass is 79.9. The molecule has 0 aromatic carbocycles. The van der Waals surface area contributed by atoms with Crippen LogP contribution in [0.5, 0.6) is 0 Å². The Morgan fingerprint density at radius 1 is 2.00 bits per heavy atom. The van der Waals surface area contributed by atoms with Crippen LogP contribution in [0.2, 0.25) is 0 Å². The standard InChI is InChI=1S/C3H7BrS/c1-2-3(4)5/h3,5H,2H2,1H3. The minimum Gasteiger partial charge on any atom is -0.164 e. The third-order valence-electron chi connectivity index (χ3n) is 0.337. The van der Waals surface area contributed by atoms with Crippen LogP contribution in [0, 0.1) is 0 Å². The van der Waals surface area contributed by atoms with Crippen molar-refractivity contribution in [2.24, 2.45) is 0 Å². The first kappa shape index (κ1) is 5.83. The number of hydrogen-bond acceptors (Lipinski definition) is 1. The fourth-order valence-electron chi connectivity index (χ4n) is 0. The largest absolute Gasteiger partial charge is 0.164 e. The van der Waals surface area contributed by atoms with Gasteiger partial charge in [-0.3, -0.25) is 0 Å². The number of hydrogen-bond donors (Lipinski definition) is 1. The van der Waals surface area contributed by atoms with Gasteiger partial charge in [-0.25, -0.2) is 0 Å². The molecule has 0 heterocycles. The van der Waals surface area contributed by atoms with Crippen LogP contribution in [0.1, 0.15) is 13.3 Å². The first-order chi connectivity index (χ1) is 2.27. The van der Waals surface area contributed by atoms with Crippen molar-refractivity contribution in [2.75, 3.05) is 0 Å². The van der Waals surface area contributed by atoms with E-state index in [1.54, 1.807) is 0 Å². The van der Waals surface area contributed by atoms with Crippen molar-refractivity contribution in [3.8, 4) is 0 Å². The maximum absolute atomic E-state index is 4.01. The molecule has 1 unspecified atom stereocenters. The highest BCUT2D eigenvalue weighted by molar-refractivity contribution is 9.11. The van der Waals surface area contributed by atoms with Crippen LogP contribution < -0.4 is 0 Å². The summed E-state index contributed by atoms with van der Waals surface area (Å²) >= 11 is 7.25. The van der Waals surface area contributed by atoms with Gasteiger partial charge in [0.15, 0.2) is 0 Å². The average molecular weight is 155 g/mol. The van der Waals surface area contributed by atoms with E-state index >= 15 is 0 Å². The second kappa shape index (κ2) is 3.04. The predicted molar refractivity (Wildman–Crippen MR) is 32.0 cm³/mol. The van der Waals surface area contributed by atoms with E-state index in [0.29, 0.717) is 4.16 Å². The molecular weight excluding hydrogens is 148 g/mol. The summed E-state index contributed by atoms with van der Waals surface area (Å²) < 4.78 is 0.391. The second-order valence-corrected chi connectivity index (χ2v) is 3.28. The molecule has 5 heavy (non-hydrogen) atoms. The second-order valence-electron chi connectivity index (χ2n) is 0.843. The van der Waals surface area contributed by atoms with Crippen molar-refractivity contribution in [2.45, 2.75) is 17.5 Å². The third-order valence-corrected chi connectivity index (χ3v) is 1.35. The van der Waals surface area contributed by atoms with Gasteiger partial charge in [0.25, 0.3) is 0 Å². The van der Waals surface area contributed by atoms with Gasteiger partial charge in [-0.1, -0.05) is 22.9 Å². The Kier molecular flexibility index (Phi) is 3.54. The van der Waals surface area contributed by atoms with E-state index in [4.69, 9.17) is 0 Å². The van der Waals surface area contributed by atoms with Crippen LogP contribution in [0.3, 0.4) is 0 Å². The zero-order valence-electron chi connectivity index (χ0n) is 3.11. The van der Waals surface area contributed by atoms with Crippen LogP contribution in [-0.4, -0.2) is 4.16 Å². The van der Waals surface area contributed by atoms with Crippen molar-refractivity contribution < 1.29 is 0 Å². The molecule has 32 valence electrons. The van der Waals surface area contributed by atoms with Crippen LogP contribution in [0.15, 0.2) is 0 Å². The van der Waals surface area contributed by atoms with E-state index < -0.39 is 0 Å². The fraction of sp³-hybridized carbons (Fsp3) is 1.00. The number of alkyl halides is 1. The molecule has 0 aromatic heterocycles. The molecule has 0 amide bonds. The summed E-state index contributed by atoms with van der Waals surface area (Å²) in [6, 6.07) is 0. The molecule has 0 bridgehead atoms. The summed E-state index contributed by atoms with van der Waals surface area (Å²) in [5.41, 5.74) is 0. The van der Waals surface area contributed by atoms with Gasteiger partial charge in [-0.05, 0) is 6.42 Å². The lowest BCUT2D eigenvalue weighted by Crippen LogP contribution is -1.74. The van der Waals surface area contributed by atoms with Crippen LogP contribution in [0.4, 0.5) is 0 Å². The molecule has 0 rings (SSSR count). The zero-order chi connectivity index (χ0) is 4.28. The number of halogens is 1. The molecule has 0 spiro atoms. The molecule has 0 radical (unpaired) electrons. The van der Waals surface area contributed by atoms with Crippen LogP contribution in [0.25, 0.3) is 0 Å². The van der Waals surface area contributed by atoms with Crippen LogP contribution >= 0.6 is 28.6 Å². The summed E-state index contributed by atoms with van der Waals surface area (Å²) in [5, 5.41) is 0. The average Bonchev–Trinajstić information content (AvgIpc) is 1.38. The van der Waals surface area contributed by atoms with Crippen molar-refractivity contribution in [1.82, 2.24) is 0 Å². The molecule has 0 saturated heterocycles. The molecule has 0 fully saturated rings. The van der Waals surface area contributed by atoms with Gasteiger partial charge in [0.05, 0.1) is 4.16 Å². The van der Waals surface area contributed by atoms with Gasteiger partial charge >= 0.3 is 0 Å². The van der Waals surface area contributed by atoms with Gasteiger partial charge in [0.2, 0.25) is 0 Å². The summed E-state index contributed by atoms with van der Waals surface area (Å²) in [5.74, 6) is 0. The van der Waals surface area contributed by atoms with E-state index in [0.717, 1.165) is 6.42 Å². The predicted octanol–water partition coefficient (Wildman–Crippen LogP) is 2.05. The third kappa shape index (κ3) is 4.83. The molecule has 0 aliphatic rings. The Morgan fingerprint density at radius 2 is 2.20 bits per heavy atom. The minimum atomic E-state index is 0.391. The SMILES string of the molecule is CCC(S)Br. The van der Waals surface area contributed by atoms with Gasteiger partial charge in [0.1, 0.15) is 0 Å². The van der Waals surface area contributed by atoms with Gasteiger partial charge in [-0.2, -0.15) is 12.6 Å². The smallest absolute Gasteiger partial charge is 0.0567 e. The number of rotatable bonds is 1. The monoisotopic (exact) mass is 154 g/mol. The first-order valence-corrected chi connectivity index (χ1v) is 3.02. The Balaban J connectivity index is 2.54. The Morgan fingerprint density at radius 3 is 2.20 bits per heavy atom. The van der Waals surface area contributed by atoms with E-state index in [-0.39, 0.29) is 0 Å². The van der Waals surface area contributed by atoms with Crippen molar-refractivity contribution >= 4 is 28.6 Å². The number of thiol groups is 1. The summed E-state index contributed by atoms with van der Waals surface area (Å²) in [7, 11) is 0. The van der Waals surface area contributed by atoms with E-state index in [9.17, 15) is 0 Å².